The number of carbonyl (C=O) groups is 2. The van der Waals surface area contributed by atoms with Crippen LogP contribution in [0.4, 0.5) is 4.79 Å². The number of ether oxygens (including phenoxy) is 1. The molecule has 98 valence electrons. The highest BCUT2D eigenvalue weighted by atomic mass is 16.6. The lowest BCUT2D eigenvalue weighted by atomic mass is 10.0. The van der Waals surface area contributed by atoms with E-state index >= 15 is 0 Å². The Hall–Kier alpha value is -2.36. The fraction of sp³-hybridized carbons (Fsp3) is 0.200. The minimum atomic E-state index is -0.501. The van der Waals surface area contributed by atoms with Crippen LogP contribution in [0, 0.1) is 0 Å². The molecule has 2 aromatic rings. The van der Waals surface area contributed by atoms with E-state index in [0.717, 1.165) is 10.8 Å². The third kappa shape index (κ3) is 2.57. The first-order valence-electron chi connectivity index (χ1n) is 5.92. The Kier molecular flexibility index (Phi) is 3.51. The predicted octanol–water partition coefficient (Wildman–Crippen LogP) is 3.10. The summed E-state index contributed by atoms with van der Waals surface area (Å²) in [4.78, 5) is 24.7. The van der Waals surface area contributed by atoms with E-state index in [0.29, 0.717) is 11.3 Å². The molecule has 0 spiro atoms. The predicted molar refractivity (Wildman–Crippen MR) is 73.7 cm³/mol. The smallest absolute Gasteiger partial charge is 0.409 e. The average Bonchev–Trinajstić information content (AvgIpc) is 2.38. The van der Waals surface area contributed by atoms with E-state index in [2.05, 4.69) is 0 Å². The van der Waals surface area contributed by atoms with Crippen molar-refractivity contribution in [3.05, 3.63) is 42.0 Å². The molecular weight excluding hydrogens is 242 g/mol. The molecule has 0 aromatic heterocycles. The first-order valence-corrected chi connectivity index (χ1v) is 5.92. The van der Waals surface area contributed by atoms with Gasteiger partial charge in [-0.1, -0.05) is 30.3 Å². The summed E-state index contributed by atoms with van der Waals surface area (Å²) < 4.78 is 5.35. The van der Waals surface area contributed by atoms with E-state index < -0.39 is 6.09 Å². The molecule has 2 rings (SSSR count). The largest absolute Gasteiger partial charge is 0.414 e. The molecule has 0 saturated heterocycles. The van der Waals surface area contributed by atoms with Gasteiger partial charge >= 0.3 is 6.09 Å². The molecule has 2 aromatic carbocycles. The van der Waals surface area contributed by atoms with Gasteiger partial charge < -0.3 is 9.64 Å². The van der Waals surface area contributed by atoms with E-state index in [9.17, 15) is 9.59 Å². The maximum atomic E-state index is 11.7. The summed E-state index contributed by atoms with van der Waals surface area (Å²) in [6.45, 7) is 1.46. The van der Waals surface area contributed by atoms with Crippen LogP contribution in [-0.4, -0.2) is 30.9 Å². The SMILES string of the molecule is CC(=O)c1ccc2ccccc2c1OC(=O)N(C)C. The summed E-state index contributed by atoms with van der Waals surface area (Å²) in [6, 6.07) is 11.0. The quantitative estimate of drug-likeness (QED) is 0.777. The Morgan fingerprint density at radius 3 is 2.37 bits per heavy atom. The third-order valence-corrected chi connectivity index (χ3v) is 2.81. The van der Waals surface area contributed by atoms with Gasteiger partial charge in [0.15, 0.2) is 11.5 Å². The fourth-order valence-corrected chi connectivity index (χ4v) is 1.81. The van der Waals surface area contributed by atoms with Gasteiger partial charge in [0, 0.05) is 19.5 Å². The first kappa shape index (κ1) is 13.1. The molecule has 19 heavy (non-hydrogen) atoms. The van der Waals surface area contributed by atoms with Crippen LogP contribution in [0.1, 0.15) is 17.3 Å². The summed E-state index contributed by atoms with van der Waals surface area (Å²) >= 11 is 0. The van der Waals surface area contributed by atoms with E-state index in [1.807, 2.05) is 30.3 Å². The normalized spacial score (nSPS) is 10.3. The molecule has 0 aliphatic rings. The highest BCUT2D eigenvalue weighted by Crippen LogP contribution is 2.30. The fourth-order valence-electron chi connectivity index (χ4n) is 1.81. The van der Waals surface area contributed by atoms with Crippen molar-refractivity contribution in [3.63, 3.8) is 0 Å². The van der Waals surface area contributed by atoms with Crippen LogP contribution in [0.3, 0.4) is 0 Å². The van der Waals surface area contributed by atoms with Gasteiger partial charge in [0.2, 0.25) is 0 Å². The molecule has 0 bridgehead atoms. The minimum absolute atomic E-state index is 0.132. The molecule has 0 fully saturated rings. The van der Waals surface area contributed by atoms with Gasteiger partial charge in [-0.3, -0.25) is 4.79 Å². The van der Waals surface area contributed by atoms with Crippen LogP contribution in [0.15, 0.2) is 36.4 Å². The number of fused-ring (bicyclic) bond motifs is 1. The van der Waals surface area contributed by atoms with Crippen LogP contribution < -0.4 is 4.74 Å². The number of amides is 1. The zero-order valence-corrected chi connectivity index (χ0v) is 11.1. The summed E-state index contributed by atoms with van der Waals surface area (Å²) in [6.07, 6.45) is -0.501. The molecule has 0 N–H and O–H groups in total. The highest BCUT2D eigenvalue weighted by molar-refractivity contribution is 6.04. The zero-order chi connectivity index (χ0) is 14.0. The topological polar surface area (TPSA) is 46.6 Å². The molecule has 4 heteroatoms. The number of ketones is 1. The first-order chi connectivity index (χ1) is 9.00. The minimum Gasteiger partial charge on any atom is -0.409 e. The van der Waals surface area contributed by atoms with Crippen molar-refractivity contribution in [1.29, 1.82) is 0 Å². The molecule has 0 unspecified atom stereocenters. The second kappa shape index (κ2) is 5.10. The van der Waals surface area contributed by atoms with Gasteiger partial charge in [-0.05, 0) is 18.4 Å². The van der Waals surface area contributed by atoms with Crippen molar-refractivity contribution in [2.45, 2.75) is 6.92 Å². The van der Waals surface area contributed by atoms with Gasteiger partial charge in [0.1, 0.15) is 0 Å². The van der Waals surface area contributed by atoms with Gasteiger partial charge in [-0.2, -0.15) is 0 Å². The summed E-state index contributed by atoms with van der Waals surface area (Å²) in [5, 5.41) is 1.68. The van der Waals surface area contributed by atoms with Crippen molar-refractivity contribution in [2.24, 2.45) is 0 Å². The lowest BCUT2D eigenvalue weighted by molar-refractivity contribution is 0.101. The summed E-state index contributed by atoms with van der Waals surface area (Å²) in [5.74, 6) is 0.191. The molecular formula is C15H15NO3. The van der Waals surface area contributed by atoms with E-state index in [4.69, 9.17) is 4.74 Å². The molecule has 0 aliphatic heterocycles. The number of benzene rings is 2. The number of Topliss-reactive ketones (excluding diaryl/α,β-unsaturated/α-hetero) is 1. The maximum absolute atomic E-state index is 11.7. The number of hydrogen-bond donors (Lipinski definition) is 0. The van der Waals surface area contributed by atoms with E-state index in [1.165, 1.54) is 11.8 Å². The third-order valence-electron chi connectivity index (χ3n) is 2.81. The molecule has 0 heterocycles. The second-order valence-electron chi connectivity index (χ2n) is 4.48. The number of rotatable bonds is 2. The van der Waals surface area contributed by atoms with Crippen LogP contribution in [0.2, 0.25) is 0 Å². The van der Waals surface area contributed by atoms with Gasteiger partial charge in [-0.25, -0.2) is 4.79 Å². The Morgan fingerprint density at radius 1 is 1.05 bits per heavy atom. The highest BCUT2D eigenvalue weighted by Gasteiger charge is 2.16. The van der Waals surface area contributed by atoms with Crippen molar-refractivity contribution in [1.82, 2.24) is 4.90 Å². The number of nitrogens with zero attached hydrogens (tertiary/aromatic N) is 1. The molecule has 1 amide bonds. The maximum Gasteiger partial charge on any atom is 0.414 e. The molecule has 4 nitrogen and oxygen atoms in total. The second-order valence-corrected chi connectivity index (χ2v) is 4.48. The van der Waals surface area contributed by atoms with Crippen molar-refractivity contribution in [2.75, 3.05) is 14.1 Å². The molecule has 0 radical (unpaired) electrons. The molecule has 0 aliphatic carbocycles. The standard InChI is InChI=1S/C15H15NO3/c1-10(17)12-9-8-11-6-4-5-7-13(11)14(12)19-15(18)16(2)3/h4-9H,1-3H3. The lowest BCUT2D eigenvalue weighted by Gasteiger charge is -2.14. The van der Waals surface area contributed by atoms with Gasteiger partial charge in [-0.15, -0.1) is 0 Å². The van der Waals surface area contributed by atoms with Crippen molar-refractivity contribution < 1.29 is 14.3 Å². The monoisotopic (exact) mass is 257 g/mol. The molecule has 0 saturated carbocycles. The Bertz CT molecular complexity index is 647. The Labute approximate surface area is 111 Å². The molecule has 0 atom stereocenters. The Morgan fingerprint density at radius 2 is 1.74 bits per heavy atom. The van der Waals surface area contributed by atoms with E-state index in [1.54, 1.807) is 20.2 Å². The number of carbonyl (C=O) groups excluding carboxylic acids is 2. The van der Waals surface area contributed by atoms with Gasteiger partial charge in [0.25, 0.3) is 0 Å². The Balaban J connectivity index is 2.62. The lowest BCUT2D eigenvalue weighted by Crippen LogP contribution is -2.26. The van der Waals surface area contributed by atoms with Crippen LogP contribution in [-0.2, 0) is 0 Å². The van der Waals surface area contributed by atoms with E-state index in [-0.39, 0.29) is 5.78 Å². The van der Waals surface area contributed by atoms with Crippen LogP contribution in [0.25, 0.3) is 10.8 Å². The zero-order valence-electron chi connectivity index (χ0n) is 11.1. The van der Waals surface area contributed by atoms with Crippen LogP contribution >= 0.6 is 0 Å². The van der Waals surface area contributed by atoms with Crippen LogP contribution in [0.5, 0.6) is 5.75 Å². The van der Waals surface area contributed by atoms with Crippen molar-refractivity contribution >= 4 is 22.6 Å². The van der Waals surface area contributed by atoms with Gasteiger partial charge in [0.05, 0.1) is 5.56 Å². The summed E-state index contributed by atoms with van der Waals surface area (Å²) in [5.41, 5.74) is 0.411. The average molecular weight is 257 g/mol. The number of hydrogen-bond acceptors (Lipinski definition) is 3. The van der Waals surface area contributed by atoms with Crippen molar-refractivity contribution in [3.8, 4) is 5.75 Å². The summed E-state index contributed by atoms with van der Waals surface area (Å²) in [7, 11) is 3.20.